The fourth-order valence-electron chi connectivity index (χ4n) is 2.82. The number of alkyl halides is 3. The maximum atomic E-state index is 13.4. The smallest absolute Gasteiger partial charge is 0.395 e. The standard InChI is InChI=1S/C17H18F3N3O4S2/c1-9-13(23-15(21-9)28-14(22-23)16(2,3)25)10-4-5-11(17(18,19)20)12(8-10)29(26,27)7-6-24/h4-5,8,24-25H,6-7H2,1-3H3. The van der Waals surface area contributed by atoms with Gasteiger partial charge in [-0.2, -0.15) is 18.3 Å². The summed E-state index contributed by atoms with van der Waals surface area (Å²) in [4.78, 5) is 3.82. The third-order valence-corrected chi connectivity index (χ3v) is 7.11. The normalized spacial score (nSPS) is 13.4. The van der Waals surface area contributed by atoms with E-state index in [2.05, 4.69) is 10.1 Å². The summed E-state index contributed by atoms with van der Waals surface area (Å²) in [6.45, 7) is 3.89. The van der Waals surface area contributed by atoms with Gasteiger partial charge in [0.1, 0.15) is 10.6 Å². The summed E-state index contributed by atoms with van der Waals surface area (Å²) in [6.07, 6.45) is -4.88. The van der Waals surface area contributed by atoms with Crippen LogP contribution in [0.2, 0.25) is 0 Å². The average molecular weight is 449 g/mol. The van der Waals surface area contributed by atoms with Crippen molar-refractivity contribution in [2.24, 2.45) is 0 Å². The lowest BCUT2D eigenvalue weighted by molar-refractivity contribution is -0.139. The molecule has 0 unspecified atom stereocenters. The van der Waals surface area contributed by atoms with Gasteiger partial charge in [0, 0.05) is 5.56 Å². The van der Waals surface area contributed by atoms with Gasteiger partial charge in [-0.15, -0.1) is 0 Å². The zero-order valence-corrected chi connectivity index (χ0v) is 17.3. The molecule has 0 atom stereocenters. The number of imidazole rings is 1. The van der Waals surface area contributed by atoms with Crippen LogP contribution in [0.3, 0.4) is 0 Å². The number of aromatic nitrogens is 3. The molecule has 0 fully saturated rings. The molecular formula is C17H18F3N3O4S2. The third kappa shape index (κ3) is 4.02. The molecule has 0 bridgehead atoms. The molecule has 12 heteroatoms. The average Bonchev–Trinajstić information content (AvgIpc) is 3.10. The first-order chi connectivity index (χ1) is 13.3. The van der Waals surface area contributed by atoms with Crippen LogP contribution in [0, 0.1) is 6.92 Å². The third-order valence-electron chi connectivity index (χ3n) is 4.16. The van der Waals surface area contributed by atoms with Crippen LogP contribution < -0.4 is 0 Å². The number of halogens is 3. The van der Waals surface area contributed by atoms with E-state index in [1.807, 2.05) is 0 Å². The quantitative estimate of drug-likeness (QED) is 0.621. The molecule has 0 spiro atoms. The highest BCUT2D eigenvalue weighted by Crippen LogP contribution is 2.38. The zero-order valence-electron chi connectivity index (χ0n) is 15.6. The number of rotatable bonds is 5. The second-order valence-corrected chi connectivity index (χ2v) is 9.99. The van der Waals surface area contributed by atoms with Crippen molar-refractivity contribution in [2.75, 3.05) is 12.4 Å². The van der Waals surface area contributed by atoms with Gasteiger partial charge in [-0.3, -0.25) is 0 Å². The van der Waals surface area contributed by atoms with Crippen molar-refractivity contribution in [1.29, 1.82) is 0 Å². The van der Waals surface area contributed by atoms with Gasteiger partial charge in [-0.05, 0) is 32.9 Å². The van der Waals surface area contributed by atoms with E-state index in [0.29, 0.717) is 27.4 Å². The van der Waals surface area contributed by atoms with Gasteiger partial charge in [0.05, 0.1) is 34.2 Å². The van der Waals surface area contributed by atoms with Crippen LogP contribution in [0.4, 0.5) is 13.2 Å². The molecule has 0 aliphatic heterocycles. The van der Waals surface area contributed by atoms with Gasteiger partial charge in [0.15, 0.2) is 9.84 Å². The molecule has 0 aliphatic carbocycles. The Hall–Kier alpha value is -2.02. The number of fused-ring (bicyclic) bond motifs is 1. The molecule has 2 N–H and O–H groups in total. The van der Waals surface area contributed by atoms with E-state index in [1.165, 1.54) is 18.4 Å². The van der Waals surface area contributed by atoms with Gasteiger partial charge in [0.2, 0.25) is 4.96 Å². The van der Waals surface area contributed by atoms with Crippen molar-refractivity contribution in [3.8, 4) is 11.3 Å². The van der Waals surface area contributed by atoms with Gasteiger partial charge in [-0.25, -0.2) is 17.9 Å². The minimum atomic E-state index is -4.88. The Labute approximate surface area is 168 Å². The fraction of sp³-hybridized carbons (Fsp3) is 0.412. The summed E-state index contributed by atoms with van der Waals surface area (Å²) < 4.78 is 66.3. The van der Waals surface area contributed by atoms with Crippen LogP contribution in [0.25, 0.3) is 16.2 Å². The van der Waals surface area contributed by atoms with E-state index in [1.54, 1.807) is 6.92 Å². The molecule has 2 heterocycles. The number of nitrogens with zero attached hydrogens (tertiary/aromatic N) is 3. The lowest BCUT2D eigenvalue weighted by atomic mass is 10.1. The number of aliphatic hydroxyl groups is 2. The maximum Gasteiger partial charge on any atom is 0.417 e. The first-order valence-electron chi connectivity index (χ1n) is 8.40. The van der Waals surface area contributed by atoms with Crippen LogP contribution in [0.1, 0.15) is 30.1 Å². The highest BCUT2D eigenvalue weighted by Gasteiger charge is 2.37. The molecule has 2 aromatic heterocycles. The molecule has 29 heavy (non-hydrogen) atoms. The second kappa shape index (κ2) is 7.04. The number of aliphatic hydroxyl groups excluding tert-OH is 1. The Morgan fingerprint density at radius 2 is 1.90 bits per heavy atom. The predicted molar refractivity (Wildman–Crippen MR) is 100 cm³/mol. The van der Waals surface area contributed by atoms with Crippen LogP contribution >= 0.6 is 11.3 Å². The van der Waals surface area contributed by atoms with Crippen LogP contribution in [-0.4, -0.2) is 45.6 Å². The molecule has 0 aliphatic rings. The summed E-state index contributed by atoms with van der Waals surface area (Å²) in [5.41, 5.74) is -1.61. The number of aryl methyl sites for hydroxylation is 1. The molecule has 0 saturated carbocycles. The molecule has 3 rings (SSSR count). The molecule has 7 nitrogen and oxygen atoms in total. The van der Waals surface area contributed by atoms with E-state index >= 15 is 0 Å². The fourth-order valence-corrected chi connectivity index (χ4v) is 5.05. The SMILES string of the molecule is Cc1nc2sc(C(C)(C)O)nn2c1-c1ccc(C(F)(F)F)c(S(=O)(=O)CCO)c1. The Morgan fingerprint density at radius 1 is 1.24 bits per heavy atom. The molecule has 3 aromatic rings. The lowest BCUT2D eigenvalue weighted by Crippen LogP contribution is -2.17. The van der Waals surface area contributed by atoms with Gasteiger partial charge < -0.3 is 10.2 Å². The first-order valence-corrected chi connectivity index (χ1v) is 10.9. The van der Waals surface area contributed by atoms with E-state index in [-0.39, 0.29) is 5.56 Å². The molecule has 0 radical (unpaired) electrons. The second-order valence-electron chi connectivity index (χ2n) is 6.96. The predicted octanol–water partition coefficient (Wildman–Crippen LogP) is 2.78. The topological polar surface area (TPSA) is 105 Å². The van der Waals surface area contributed by atoms with E-state index in [4.69, 9.17) is 5.11 Å². The molecule has 1 aromatic carbocycles. The molecular weight excluding hydrogens is 431 g/mol. The Kier molecular flexibility index (Phi) is 5.27. The molecule has 0 saturated heterocycles. The van der Waals surface area contributed by atoms with E-state index < -0.39 is 44.4 Å². The monoisotopic (exact) mass is 449 g/mol. The van der Waals surface area contributed by atoms with Crippen molar-refractivity contribution in [3.05, 3.63) is 34.5 Å². The van der Waals surface area contributed by atoms with Crippen molar-refractivity contribution < 1.29 is 31.8 Å². The first kappa shape index (κ1) is 21.7. The van der Waals surface area contributed by atoms with Crippen molar-refractivity contribution >= 4 is 26.1 Å². The van der Waals surface area contributed by atoms with Crippen LogP contribution in [0.15, 0.2) is 23.1 Å². The van der Waals surface area contributed by atoms with E-state index in [0.717, 1.165) is 23.5 Å². The van der Waals surface area contributed by atoms with Gasteiger partial charge in [0.25, 0.3) is 0 Å². The summed E-state index contributed by atoms with van der Waals surface area (Å²) in [5.74, 6) is -0.833. The number of hydrogen-bond donors (Lipinski definition) is 2. The minimum absolute atomic E-state index is 0.173. The highest BCUT2D eigenvalue weighted by molar-refractivity contribution is 7.91. The van der Waals surface area contributed by atoms with Crippen molar-refractivity contribution in [2.45, 2.75) is 37.4 Å². The maximum absolute atomic E-state index is 13.4. The summed E-state index contributed by atoms with van der Waals surface area (Å²) in [6, 6.07) is 2.77. The Bertz CT molecular complexity index is 1180. The largest absolute Gasteiger partial charge is 0.417 e. The number of sulfone groups is 1. The van der Waals surface area contributed by atoms with Crippen molar-refractivity contribution in [1.82, 2.24) is 14.6 Å². The van der Waals surface area contributed by atoms with Gasteiger partial charge >= 0.3 is 6.18 Å². The molecule has 158 valence electrons. The van der Waals surface area contributed by atoms with E-state index in [9.17, 15) is 26.7 Å². The van der Waals surface area contributed by atoms with Crippen LogP contribution in [-0.2, 0) is 21.6 Å². The minimum Gasteiger partial charge on any atom is -0.395 e. The summed E-state index contributed by atoms with van der Waals surface area (Å²) in [7, 11) is -4.38. The Morgan fingerprint density at radius 3 is 2.45 bits per heavy atom. The lowest BCUT2D eigenvalue weighted by Gasteiger charge is -2.15. The summed E-state index contributed by atoms with van der Waals surface area (Å²) in [5, 5.41) is 23.8. The van der Waals surface area contributed by atoms with Crippen LogP contribution in [0.5, 0.6) is 0 Å². The summed E-state index contributed by atoms with van der Waals surface area (Å²) >= 11 is 1.12. The Balaban J connectivity index is 2.27. The molecule has 0 amide bonds. The van der Waals surface area contributed by atoms with Crippen molar-refractivity contribution in [3.63, 3.8) is 0 Å². The highest BCUT2D eigenvalue weighted by atomic mass is 32.2. The zero-order chi connectivity index (χ0) is 21.8. The van der Waals surface area contributed by atoms with Gasteiger partial charge in [-0.1, -0.05) is 17.4 Å². The number of hydrogen-bond acceptors (Lipinski definition) is 7. The number of benzene rings is 1.